The minimum atomic E-state index is -2.84. The molecule has 0 radical (unpaired) electrons. The van der Waals surface area contributed by atoms with Crippen LogP contribution in [0.2, 0.25) is 0 Å². The Bertz CT molecular complexity index is 488. The van der Waals surface area contributed by atoms with E-state index in [2.05, 4.69) is 0 Å². The highest BCUT2D eigenvalue weighted by Crippen LogP contribution is 2.28. The predicted molar refractivity (Wildman–Crippen MR) is 59.8 cm³/mol. The molecule has 1 unspecified atom stereocenters. The van der Waals surface area contributed by atoms with E-state index in [9.17, 15) is 8.78 Å². The van der Waals surface area contributed by atoms with Crippen LogP contribution in [0.3, 0.4) is 0 Å². The second-order valence-corrected chi connectivity index (χ2v) is 3.85. The van der Waals surface area contributed by atoms with Crippen LogP contribution in [0.15, 0.2) is 40.8 Å². The Balaban J connectivity index is 2.26. The van der Waals surface area contributed by atoms with Crippen LogP contribution >= 0.6 is 0 Å². The average Bonchev–Trinajstić information content (AvgIpc) is 2.78. The molecule has 17 heavy (non-hydrogen) atoms. The number of hydrogen-bond acceptors (Lipinski definition) is 2. The Labute approximate surface area is 97.5 Å². The fourth-order valence-corrected chi connectivity index (χ4v) is 1.51. The zero-order valence-corrected chi connectivity index (χ0v) is 9.23. The second kappa shape index (κ2) is 4.67. The SMILES string of the molecule is Cc1ccc(-c2ccc(C(O)C(F)F)o2)cc1. The topological polar surface area (TPSA) is 33.4 Å². The van der Waals surface area contributed by atoms with Crippen molar-refractivity contribution in [2.24, 2.45) is 0 Å². The second-order valence-electron chi connectivity index (χ2n) is 3.85. The Morgan fingerprint density at radius 2 is 1.71 bits per heavy atom. The molecule has 2 rings (SSSR count). The van der Waals surface area contributed by atoms with Gasteiger partial charge in [0, 0.05) is 5.56 Å². The van der Waals surface area contributed by atoms with Gasteiger partial charge in [0.25, 0.3) is 6.43 Å². The molecule has 2 aromatic rings. The number of furan rings is 1. The summed E-state index contributed by atoms with van der Waals surface area (Å²) in [6.45, 7) is 1.96. The summed E-state index contributed by atoms with van der Waals surface area (Å²) >= 11 is 0. The maximum Gasteiger partial charge on any atom is 0.271 e. The zero-order valence-electron chi connectivity index (χ0n) is 9.23. The van der Waals surface area contributed by atoms with Crippen molar-refractivity contribution < 1.29 is 18.3 Å². The molecule has 1 atom stereocenters. The third-order valence-corrected chi connectivity index (χ3v) is 2.49. The number of benzene rings is 1. The van der Waals surface area contributed by atoms with Gasteiger partial charge >= 0.3 is 0 Å². The first-order chi connectivity index (χ1) is 8.08. The lowest BCUT2D eigenvalue weighted by atomic mass is 10.1. The van der Waals surface area contributed by atoms with E-state index in [1.807, 2.05) is 31.2 Å². The van der Waals surface area contributed by atoms with Crippen LogP contribution in [0.4, 0.5) is 8.78 Å². The van der Waals surface area contributed by atoms with Gasteiger partial charge in [0.1, 0.15) is 11.5 Å². The van der Waals surface area contributed by atoms with Crippen LogP contribution in [0.1, 0.15) is 17.4 Å². The first kappa shape index (κ1) is 11.8. The number of hydrogen-bond donors (Lipinski definition) is 1. The van der Waals surface area contributed by atoms with Gasteiger partial charge in [0.05, 0.1) is 0 Å². The average molecular weight is 238 g/mol. The van der Waals surface area contributed by atoms with Crippen molar-refractivity contribution in [1.29, 1.82) is 0 Å². The third-order valence-electron chi connectivity index (χ3n) is 2.49. The lowest BCUT2D eigenvalue weighted by molar-refractivity contribution is -0.0173. The van der Waals surface area contributed by atoms with E-state index in [0.29, 0.717) is 5.76 Å². The maximum absolute atomic E-state index is 12.3. The van der Waals surface area contributed by atoms with Gasteiger partial charge in [-0.2, -0.15) is 0 Å². The van der Waals surface area contributed by atoms with Gasteiger partial charge < -0.3 is 9.52 Å². The molecular weight excluding hydrogens is 226 g/mol. The zero-order chi connectivity index (χ0) is 12.4. The predicted octanol–water partition coefficient (Wildman–Crippen LogP) is 3.55. The third kappa shape index (κ3) is 2.53. The highest BCUT2D eigenvalue weighted by Gasteiger charge is 2.22. The van der Waals surface area contributed by atoms with Gasteiger partial charge in [-0.05, 0) is 19.1 Å². The summed E-state index contributed by atoms with van der Waals surface area (Å²) in [5.41, 5.74) is 1.90. The summed E-state index contributed by atoms with van der Waals surface area (Å²) in [6, 6.07) is 10.4. The van der Waals surface area contributed by atoms with E-state index in [1.54, 1.807) is 6.07 Å². The quantitative estimate of drug-likeness (QED) is 0.887. The fraction of sp³-hybridized carbons (Fsp3) is 0.231. The minimum absolute atomic E-state index is 0.115. The van der Waals surface area contributed by atoms with E-state index < -0.39 is 12.5 Å². The summed E-state index contributed by atoms with van der Waals surface area (Å²) < 4.78 is 29.7. The summed E-state index contributed by atoms with van der Waals surface area (Å²) in [5, 5.41) is 9.16. The molecule has 0 amide bonds. The standard InChI is InChI=1S/C13H12F2O2/c1-8-2-4-9(5-3-8)10-6-7-11(17-10)12(16)13(14)15/h2-7,12-13,16H,1H3. The highest BCUT2D eigenvalue weighted by molar-refractivity contribution is 5.57. The molecule has 90 valence electrons. The normalized spacial score (nSPS) is 13.0. The van der Waals surface area contributed by atoms with Gasteiger partial charge in [-0.3, -0.25) is 0 Å². The van der Waals surface area contributed by atoms with E-state index >= 15 is 0 Å². The molecular formula is C13H12F2O2. The highest BCUT2D eigenvalue weighted by atomic mass is 19.3. The molecule has 1 N–H and O–H groups in total. The molecule has 0 aliphatic heterocycles. The Morgan fingerprint density at radius 1 is 1.06 bits per heavy atom. The van der Waals surface area contributed by atoms with Crippen LogP contribution in [0.5, 0.6) is 0 Å². The molecule has 0 saturated carbocycles. The summed E-state index contributed by atoms with van der Waals surface area (Å²) in [7, 11) is 0. The molecule has 0 bridgehead atoms. The number of rotatable bonds is 3. The molecule has 1 aromatic heterocycles. The van der Waals surface area contributed by atoms with Crippen LogP contribution in [0.25, 0.3) is 11.3 Å². The summed E-state index contributed by atoms with van der Waals surface area (Å²) in [4.78, 5) is 0. The van der Waals surface area contributed by atoms with Crippen molar-refractivity contribution in [2.75, 3.05) is 0 Å². The molecule has 1 heterocycles. The minimum Gasteiger partial charge on any atom is -0.458 e. The van der Waals surface area contributed by atoms with E-state index in [1.165, 1.54) is 6.07 Å². The lowest BCUT2D eigenvalue weighted by Crippen LogP contribution is -2.06. The first-order valence-electron chi connectivity index (χ1n) is 5.21. The first-order valence-corrected chi connectivity index (χ1v) is 5.21. The number of aliphatic hydroxyl groups is 1. The summed E-state index contributed by atoms with van der Waals surface area (Å²) in [6.07, 6.45) is -4.71. The Hall–Kier alpha value is -1.68. The van der Waals surface area contributed by atoms with Crippen molar-refractivity contribution in [2.45, 2.75) is 19.5 Å². The molecule has 1 aromatic carbocycles. The van der Waals surface area contributed by atoms with E-state index in [-0.39, 0.29) is 5.76 Å². The molecule has 0 fully saturated rings. The molecule has 2 nitrogen and oxygen atoms in total. The Morgan fingerprint density at radius 3 is 2.29 bits per heavy atom. The van der Waals surface area contributed by atoms with Crippen molar-refractivity contribution in [3.63, 3.8) is 0 Å². The largest absolute Gasteiger partial charge is 0.458 e. The molecule has 0 saturated heterocycles. The van der Waals surface area contributed by atoms with E-state index in [0.717, 1.165) is 11.1 Å². The van der Waals surface area contributed by atoms with Gasteiger partial charge in [-0.25, -0.2) is 8.78 Å². The van der Waals surface area contributed by atoms with E-state index in [4.69, 9.17) is 9.52 Å². The van der Waals surface area contributed by atoms with Gasteiger partial charge in [0.15, 0.2) is 6.10 Å². The monoisotopic (exact) mass is 238 g/mol. The van der Waals surface area contributed by atoms with Crippen molar-refractivity contribution >= 4 is 0 Å². The maximum atomic E-state index is 12.3. The van der Waals surface area contributed by atoms with Crippen LogP contribution in [-0.4, -0.2) is 11.5 Å². The van der Waals surface area contributed by atoms with Gasteiger partial charge in [-0.15, -0.1) is 0 Å². The van der Waals surface area contributed by atoms with Crippen LogP contribution in [0, 0.1) is 6.92 Å². The van der Waals surface area contributed by atoms with Crippen molar-refractivity contribution in [1.82, 2.24) is 0 Å². The smallest absolute Gasteiger partial charge is 0.271 e. The number of halogens is 2. The summed E-state index contributed by atoms with van der Waals surface area (Å²) in [5.74, 6) is 0.357. The molecule has 0 aliphatic carbocycles. The van der Waals surface area contributed by atoms with Crippen molar-refractivity contribution in [3.8, 4) is 11.3 Å². The number of alkyl halides is 2. The van der Waals surface area contributed by atoms with Gasteiger partial charge in [-0.1, -0.05) is 29.8 Å². The molecule has 0 spiro atoms. The fourth-order valence-electron chi connectivity index (χ4n) is 1.51. The van der Waals surface area contributed by atoms with Crippen LogP contribution < -0.4 is 0 Å². The molecule has 0 aliphatic rings. The Kier molecular flexibility index (Phi) is 3.24. The lowest BCUT2D eigenvalue weighted by Gasteiger charge is -2.05. The molecule has 4 heteroatoms. The van der Waals surface area contributed by atoms with Crippen molar-refractivity contribution in [3.05, 3.63) is 47.7 Å². The number of aryl methyl sites for hydroxylation is 1. The number of aliphatic hydroxyl groups excluding tert-OH is 1. The van der Waals surface area contributed by atoms with Gasteiger partial charge in [0.2, 0.25) is 0 Å². The van der Waals surface area contributed by atoms with Crippen LogP contribution in [-0.2, 0) is 0 Å².